The van der Waals surface area contributed by atoms with Crippen LogP contribution in [0, 0.1) is 0 Å². The fraction of sp³-hybridized carbons (Fsp3) is 0.273. The zero-order valence-electron chi connectivity index (χ0n) is 10.8. The van der Waals surface area contributed by atoms with Gasteiger partial charge in [-0.1, -0.05) is 64.2 Å². The van der Waals surface area contributed by atoms with Crippen LogP contribution in [-0.4, -0.2) is 22.5 Å². The second-order valence-corrected chi connectivity index (χ2v) is 6.32. The molecular formula is C11H9Cl3N4O4. The predicted octanol–water partition coefficient (Wildman–Crippen LogP) is 3.73. The Morgan fingerprint density at radius 3 is 2.45 bits per heavy atom. The van der Waals surface area contributed by atoms with Gasteiger partial charge in [-0.25, -0.2) is 9.59 Å². The van der Waals surface area contributed by atoms with Crippen molar-refractivity contribution in [3.05, 3.63) is 40.3 Å². The molecule has 0 aliphatic rings. The molecule has 0 saturated heterocycles. The lowest BCUT2D eigenvalue weighted by Gasteiger charge is -2.11. The van der Waals surface area contributed by atoms with Crippen LogP contribution < -0.4 is 5.48 Å². The zero-order chi connectivity index (χ0) is 16.6. The summed E-state index contributed by atoms with van der Waals surface area (Å²) in [6.45, 7) is -0.498. The Morgan fingerprint density at radius 1 is 1.27 bits per heavy atom. The molecule has 1 aromatic rings. The van der Waals surface area contributed by atoms with Crippen molar-refractivity contribution in [2.24, 2.45) is 5.11 Å². The molecule has 0 saturated carbocycles. The molecule has 118 valence electrons. The summed E-state index contributed by atoms with van der Waals surface area (Å²) < 4.78 is 2.73. The van der Waals surface area contributed by atoms with Crippen molar-refractivity contribution in [2.75, 3.05) is 6.61 Å². The third-order valence-corrected chi connectivity index (χ3v) is 2.39. The van der Waals surface area contributed by atoms with E-state index in [1.807, 2.05) is 0 Å². The van der Waals surface area contributed by atoms with Crippen LogP contribution in [0.5, 0.6) is 0 Å². The molecule has 0 aliphatic carbocycles. The molecule has 0 heterocycles. The van der Waals surface area contributed by atoms with Crippen LogP contribution in [0.3, 0.4) is 0 Å². The highest BCUT2D eigenvalue weighted by Crippen LogP contribution is 2.25. The topological polar surface area (TPSA) is 113 Å². The first-order valence-electron chi connectivity index (χ1n) is 5.63. The second-order valence-electron chi connectivity index (χ2n) is 3.80. The minimum absolute atomic E-state index is 0.110. The standard InChI is InChI=1S/C11H9Cl3N4O4/c12-11(13,14)6-21-10(20)17-22-9(19)5-7-1-3-8(4-2-7)16-18-15/h1-4H,5-6H2,(H,17,20). The van der Waals surface area contributed by atoms with Crippen LogP contribution in [0.4, 0.5) is 10.5 Å². The number of halogens is 3. The summed E-state index contributed by atoms with van der Waals surface area (Å²) in [4.78, 5) is 29.7. The Morgan fingerprint density at radius 2 is 1.91 bits per heavy atom. The third kappa shape index (κ3) is 7.80. The number of hydrogen-bond acceptors (Lipinski definition) is 5. The van der Waals surface area contributed by atoms with Gasteiger partial charge in [0.2, 0.25) is 3.79 Å². The third-order valence-electron chi connectivity index (χ3n) is 2.06. The van der Waals surface area contributed by atoms with Gasteiger partial charge in [-0.3, -0.25) is 0 Å². The molecule has 1 N–H and O–H groups in total. The molecule has 11 heteroatoms. The number of rotatable bonds is 4. The molecule has 1 rings (SSSR count). The molecular weight excluding hydrogens is 359 g/mol. The van der Waals surface area contributed by atoms with Crippen LogP contribution in [0.1, 0.15) is 5.56 Å². The van der Waals surface area contributed by atoms with E-state index in [1.54, 1.807) is 17.6 Å². The van der Waals surface area contributed by atoms with E-state index in [0.29, 0.717) is 11.3 Å². The molecule has 0 radical (unpaired) electrons. The summed E-state index contributed by atoms with van der Waals surface area (Å²) in [5.41, 5.74) is 11.0. The lowest BCUT2D eigenvalue weighted by atomic mass is 10.1. The number of alkyl halides is 3. The van der Waals surface area contributed by atoms with E-state index in [-0.39, 0.29) is 6.42 Å². The van der Waals surface area contributed by atoms with E-state index in [0.717, 1.165) is 0 Å². The number of azide groups is 1. The first-order chi connectivity index (χ1) is 10.3. The Hall–Kier alpha value is -1.86. The quantitative estimate of drug-likeness (QED) is 0.287. The van der Waals surface area contributed by atoms with Crippen molar-refractivity contribution in [3.63, 3.8) is 0 Å². The largest absolute Gasteiger partial charge is 0.443 e. The maximum Gasteiger partial charge on any atom is 0.440 e. The van der Waals surface area contributed by atoms with Gasteiger partial charge in [-0.15, -0.1) is 5.48 Å². The molecule has 0 atom stereocenters. The first kappa shape index (κ1) is 18.2. The van der Waals surface area contributed by atoms with Crippen LogP contribution in [0.25, 0.3) is 10.4 Å². The molecule has 22 heavy (non-hydrogen) atoms. The van der Waals surface area contributed by atoms with Crippen molar-refractivity contribution in [2.45, 2.75) is 10.2 Å². The number of hydroxylamine groups is 1. The number of benzene rings is 1. The average molecular weight is 368 g/mol. The highest BCUT2D eigenvalue weighted by atomic mass is 35.6. The number of hydrogen-bond donors (Lipinski definition) is 1. The van der Waals surface area contributed by atoms with Crippen molar-refractivity contribution in [3.8, 4) is 0 Å². The molecule has 0 aromatic heterocycles. The van der Waals surface area contributed by atoms with Gasteiger partial charge in [0.05, 0.1) is 6.42 Å². The van der Waals surface area contributed by atoms with E-state index >= 15 is 0 Å². The Balaban J connectivity index is 2.37. The van der Waals surface area contributed by atoms with Gasteiger partial charge in [0.1, 0.15) is 6.61 Å². The Labute approximate surface area is 139 Å². The Kier molecular flexibility index (Phi) is 7.07. The van der Waals surface area contributed by atoms with Gasteiger partial charge < -0.3 is 9.57 Å². The van der Waals surface area contributed by atoms with Gasteiger partial charge >= 0.3 is 12.1 Å². The van der Waals surface area contributed by atoms with Crippen molar-refractivity contribution in [1.29, 1.82) is 0 Å². The number of nitrogens with one attached hydrogen (secondary N) is 1. The van der Waals surface area contributed by atoms with E-state index in [2.05, 4.69) is 19.6 Å². The lowest BCUT2D eigenvalue weighted by Crippen LogP contribution is -2.30. The van der Waals surface area contributed by atoms with Crippen LogP contribution >= 0.6 is 34.8 Å². The number of nitrogens with zero attached hydrogens (tertiary/aromatic N) is 3. The molecule has 0 spiro atoms. The molecule has 1 amide bonds. The molecule has 1 aromatic carbocycles. The van der Waals surface area contributed by atoms with E-state index in [9.17, 15) is 9.59 Å². The summed E-state index contributed by atoms with van der Waals surface area (Å²) in [6, 6.07) is 6.22. The number of ether oxygens (including phenoxy) is 1. The minimum atomic E-state index is -1.75. The molecule has 0 fully saturated rings. The summed E-state index contributed by atoms with van der Waals surface area (Å²) in [6.07, 6.45) is -1.18. The van der Waals surface area contributed by atoms with Crippen molar-refractivity contribution >= 4 is 52.6 Å². The van der Waals surface area contributed by atoms with Crippen LogP contribution in [-0.2, 0) is 20.8 Å². The van der Waals surface area contributed by atoms with Crippen LogP contribution in [0.15, 0.2) is 29.4 Å². The fourth-order valence-electron chi connectivity index (χ4n) is 1.21. The van der Waals surface area contributed by atoms with Gasteiger partial charge in [0.25, 0.3) is 0 Å². The van der Waals surface area contributed by atoms with E-state index < -0.39 is 22.5 Å². The second kappa shape index (κ2) is 8.55. The van der Waals surface area contributed by atoms with E-state index in [4.69, 9.17) is 40.3 Å². The highest BCUT2D eigenvalue weighted by molar-refractivity contribution is 6.67. The maximum atomic E-state index is 11.5. The van der Waals surface area contributed by atoms with Crippen LogP contribution in [0.2, 0.25) is 0 Å². The predicted molar refractivity (Wildman–Crippen MR) is 79.8 cm³/mol. The van der Waals surface area contributed by atoms with Crippen molar-refractivity contribution in [1.82, 2.24) is 5.48 Å². The zero-order valence-corrected chi connectivity index (χ0v) is 13.1. The van der Waals surface area contributed by atoms with Gasteiger partial charge in [0, 0.05) is 10.6 Å². The smallest absolute Gasteiger partial charge is 0.440 e. The highest BCUT2D eigenvalue weighted by Gasteiger charge is 2.22. The van der Waals surface area contributed by atoms with Gasteiger partial charge in [-0.05, 0) is 11.1 Å². The van der Waals surface area contributed by atoms with Gasteiger partial charge in [-0.2, -0.15) is 0 Å². The summed E-state index contributed by atoms with van der Waals surface area (Å²) >= 11 is 16.1. The van der Waals surface area contributed by atoms with Crippen molar-refractivity contribution < 1.29 is 19.2 Å². The number of amides is 1. The summed E-state index contributed by atoms with van der Waals surface area (Å²) in [7, 11) is 0. The fourth-order valence-corrected chi connectivity index (χ4v) is 1.37. The van der Waals surface area contributed by atoms with E-state index in [1.165, 1.54) is 12.1 Å². The van der Waals surface area contributed by atoms with Gasteiger partial charge in [0.15, 0.2) is 0 Å². The average Bonchev–Trinajstić information content (AvgIpc) is 2.44. The number of carbonyl (C=O) groups is 2. The Bertz CT molecular complexity index is 582. The first-order valence-corrected chi connectivity index (χ1v) is 6.77. The molecule has 8 nitrogen and oxygen atoms in total. The molecule has 0 aliphatic heterocycles. The normalized spacial score (nSPS) is 10.3. The maximum absolute atomic E-state index is 11.5. The number of carbonyl (C=O) groups excluding carboxylic acids is 2. The monoisotopic (exact) mass is 366 g/mol. The summed E-state index contributed by atoms with van der Waals surface area (Å²) in [5, 5.41) is 3.39. The molecule has 0 bridgehead atoms. The molecule has 0 unspecified atom stereocenters. The lowest BCUT2D eigenvalue weighted by molar-refractivity contribution is -0.148. The SMILES string of the molecule is [N-]=[N+]=Nc1ccc(CC(=O)ONC(=O)OCC(Cl)(Cl)Cl)cc1. The summed E-state index contributed by atoms with van der Waals surface area (Å²) in [5.74, 6) is -0.734. The minimum Gasteiger partial charge on any atom is -0.443 e.